The zero-order valence-corrected chi connectivity index (χ0v) is 20.9. The Kier molecular flexibility index (Phi) is 6.98. The summed E-state index contributed by atoms with van der Waals surface area (Å²) in [4.78, 5) is 47.0. The average molecular weight is 533 g/mol. The summed E-state index contributed by atoms with van der Waals surface area (Å²) in [5.41, 5.74) is -0.333. The number of hydrogen-bond donors (Lipinski definition) is 5. The number of thioether (sulfide) groups is 1. The van der Waals surface area contributed by atoms with E-state index in [2.05, 4.69) is 25.9 Å². The Balaban J connectivity index is 1.28. The van der Waals surface area contributed by atoms with Crippen molar-refractivity contribution in [1.29, 1.82) is 5.26 Å². The van der Waals surface area contributed by atoms with Gasteiger partial charge in [-0.2, -0.15) is 5.26 Å². The standard InChI is InChI=1S/C26H24N6O5S/c27-11-15-5-4-14-2-1-3-18(22(14)29-15)31-24(35)26(25(36)37)9-8-17(19(33)10-26)28-12-16-6-7-20-23(30-16)32-21(34)13-38-20/h1-7,17,19,28,33H,8-10,12-13H2,(H,31,35)(H,36,37)(H,30,32,34)/t17-,19-,26-/m1/s1. The van der Waals surface area contributed by atoms with Gasteiger partial charge in [-0.25, -0.2) is 9.97 Å². The highest BCUT2D eigenvalue weighted by Gasteiger charge is 2.51. The molecule has 38 heavy (non-hydrogen) atoms. The van der Waals surface area contributed by atoms with Crippen molar-refractivity contribution < 1.29 is 24.6 Å². The van der Waals surface area contributed by atoms with Crippen molar-refractivity contribution >= 4 is 52.0 Å². The number of nitrogens with one attached hydrogen (secondary N) is 3. The van der Waals surface area contributed by atoms with Gasteiger partial charge in [-0.05, 0) is 49.6 Å². The summed E-state index contributed by atoms with van der Waals surface area (Å²) in [6.45, 7) is 0.296. The molecule has 1 aliphatic heterocycles. The summed E-state index contributed by atoms with van der Waals surface area (Å²) < 4.78 is 0. The largest absolute Gasteiger partial charge is 0.480 e. The van der Waals surface area contributed by atoms with Crippen LogP contribution in [-0.4, -0.2) is 55.9 Å². The van der Waals surface area contributed by atoms with E-state index < -0.39 is 29.4 Å². The van der Waals surface area contributed by atoms with Crippen LogP contribution < -0.4 is 16.0 Å². The van der Waals surface area contributed by atoms with E-state index in [0.717, 1.165) is 4.90 Å². The van der Waals surface area contributed by atoms with Crippen LogP contribution >= 0.6 is 11.8 Å². The lowest BCUT2D eigenvalue weighted by Gasteiger charge is -2.39. The SMILES string of the molecule is N#Cc1ccc2cccc(NC(=O)[C@@]3(C(=O)O)CC[C@@H](NCc4ccc5c(n4)NC(=O)CS5)[C@H](O)C3)c2n1. The van der Waals surface area contributed by atoms with Gasteiger partial charge >= 0.3 is 5.97 Å². The first kappa shape index (κ1) is 25.6. The molecule has 0 spiro atoms. The number of nitrogens with zero attached hydrogens (tertiary/aromatic N) is 3. The molecule has 0 radical (unpaired) electrons. The van der Waals surface area contributed by atoms with Crippen LogP contribution in [0.1, 0.15) is 30.7 Å². The van der Waals surface area contributed by atoms with E-state index in [-0.39, 0.29) is 30.9 Å². The Morgan fingerprint density at radius 2 is 2.05 bits per heavy atom. The molecule has 5 N–H and O–H groups in total. The number of benzene rings is 1. The first-order valence-corrected chi connectivity index (χ1v) is 13.0. The number of nitriles is 1. The fourth-order valence-electron chi connectivity index (χ4n) is 4.82. The molecule has 194 valence electrons. The van der Waals surface area contributed by atoms with Gasteiger partial charge < -0.3 is 26.2 Å². The van der Waals surface area contributed by atoms with E-state index in [1.165, 1.54) is 11.8 Å². The molecule has 3 heterocycles. The molecule has 3 aromatic rings. The molecule has 1 fully saturated rings. The van der Waals surface area contributed by atoms with Crippen LogP contribution in [0.4, 0.5) is 11.5 Å². The zero-order chi connectivity index (χ0) is 26.9. The number of carbonyl (C=O) groups excluding carboxylic acids is 2. The van der Waals surface area contributed by atoms with Crippen molar-refractivity contribution in [3.05, 3.63) is 53.9 Å². The van der Waals surface area contributed by atoms with Crippen molar-refractivity contribution in [1.82, 2.24) is 15.3 Å². The highest BCUT2D eigenvalue weighted by molar-refractivity contribution is 8.00. The van der Waals surface area contributed by atoms with E-state index in [4.69, 9.17) is 0 Å². The third-order valence-electron chi connectivity index (χ3n) is 6.91. The summed E-state index contributed by atoms with van der Waals surface area (Å²) in [5.74, 6) is -1.33. The second-order valence-electron chi connectivity index (χ2n) is 9.31. The first-order chi connectivity index (χ1) is 18.3. The first-order valence-electron chi connectivity index (χ1n) is 12.0. The van der Waals surface area contributed by atoms with Crippen molar-refractivity contribution in [2.45, 2.75) is 42.8 Å². The minimum absolute atomic E-state index is 0.00878. The minimum Gasteiger partial charge on any atom is -0.480 e. The third-order valence-corrected chi connectivity index (χ3v) is 7.96. The number of aliphatic hydroxyl groups excluding tert-OH is 1. The molecule has 2 amide bonds. The molecule has 2 aliphatic rings. The molecular formula is C26H24N6O5S. The van der Waals surface area contributed by atoms with Gasteiger partial charge in [-0.3, -0.25) is 14.4 Å². The summed E-state index contributed by atoms with van der Waals surface area (Å²) in [6.07, 6.45) is -1.13. The van der Waals surface area contributed by atoms with Crippen LogP contribution in [0.25, 0.3) is 10.9 Å². The number of amides is 2. The summed E-state index contributed by atoms with van der Waals surface area (Å²) in [7, 11) is 0. The lowest BCUT2D eigenvalue weighted by molar-refractivity contribution is -0.159. The Hall–Kier alpha value is -4.05. The van der Waals surface area contributed by atoms with Gasteiger partial charge in [0.1, 0.15) is 23.0 Å². The van der Waals surface area contributed by atoms with Crippen molar-refractivity contribution in [3.63, 3.8) is 0 Å². The Morgan fingerprint density at radius 1 is 1.21 bits per heavy atom. The molecule has 0 unspecified atom stereocenters. The molecule has 1 saturated carbocycles. The molecule has 0 saturated heterocycles. The number of carboxylic acid groups (broad SMARTS) is 1. The normalized spacial score (nSPS) is 22.7. The number of fused-ring (bicyclic) bond motifs is 2. The second-order valence-corrected chi connectivity index (χ2v) is 10.3. The molecular weight excluding hydrogens is 508 g/mol. The topological polar surface area (TPSA) is 177 Å². The maximum Gasteiger partial charge on any atom is 0.319 e. The quantitative estimate of drug-likeness (QED) is 0.296. The van der Waals surface area contributed by atoms with Crippen LogP contribution in [0, 0.1) is 16.7 Å². The lowest BCUT2D eigenvalue weighted by atomic mass is 9.70. The maximum atomic E-state index is 13.4. The van der Waals surface area contributed by atoms with Crippen molar-refractivity contribution in [2.75, 3.05) is 16.4 Å². The van der Waals surface area contributed by atoms with Gasteiger partial charge in [0.2, 0.25) is 11.8 Å². The van der Waals surface area contributed by atoms with Crippen molar-refractivity contribution in [3.8, 4) is 6.07 Å². The number of anilines is 2. The zero-order valence-electron chi connectivity index (χ0n) is 20.1. The van der Waals surface area contributed by atoms with E-state index in [0.29, 0.717) is 40.4 Å². The minimum atomic E-state index is -1.84. The van der Waals surface area contributed by atoms with E-state index in [1.807, 2.05) is 18.2 Å². The van der Waals surface area contributed by atoms with E-state index in [1.54, 1.807) is 30.3 Å². The Bertz CT molecular complexity index is 1490. The van der Waals surface area contributed by atoms with Gasteiger partial charge in [-0.15, -0.1) is 11.8 Å². The molecule has 1 aromatic carbocycles. The highest BCUT2D eigenvalue weighted by Crippen LogP contribution is 2.39. The number of para-hydroxylation sites is 1. The molecule has 3 atom stereocenters. The number of aliphatic carboxylic acids is 1. The van der Waals surface area contributed by atoms with Gasteiger partial charge in [0.15, 0.2) is 0 Å². The number of rotatable bonds is 6. The molecule has 11 nitrogen and oxygen atoms in total. The average Bonchev–Trinajstić information content (AvgIpc) is 2.91. The third kappa shape index (κ3) is 4.91. The summed E-state index contributed by atoms with van der Waals surface area (Å²) in [6, 6.07) is 13.6. The van der Waals surface area contributed by atoms with Crippen LogP contribution in [0.5, 0.6) is 0 Å². The molecule has 1 aliphatic carbocycles. The van der Waals surface area contributed by atoms with Gasteiger partial charge in [0, 0.05) is 18.0 Å². The van der Waals surface area contributed by atoms with Gasteiger partial charge in [0.25, 0.3) is 0 Å². The van der Waals surface area contributed by atoms with Gasteiger partial charge in [0.05, 0.1) is 33.7 Å². The fourth-order valence-corrected chi connectivity index (χ4v) is 5.58. The van der Waals surface area contributed by atoms with Crippen LogP contribution in [0.2, 0.25) is 0 Å². The second kappa shape index (κ2) is 10.4. The van der Waals surface area contributed by atoms with Crippen LogP contribution in [0.3, 0.4) is 0 Å². The summed E-state index contributed by atoms with van der Waals surface area (Å²) >= 11 is 1.41. The molecule has 2 aromatic heterocycles. The number of hydrogen-bond acceptors (Lipinski definition) is 9. The molecule has 12 heteroatoms. The van der Waals surface area contributed by atoms with Gasteiger partial charge in [-0.1, -0.05) is 12.1 Å². The Labute approximate surface area is 221 Å². The van der Waals surface area contributed by atoms with E-state index in [9.17, 15) is 29.9 Å². The smallest absolute Gasteiger partial charge is 0.319 e. The monoisotopic (exact) mass is 532 g/mol. The van der Waals surface area contributed by atoms with Crippen molar-refractivity contribution in [2.24, 2.45) is 5.41 Å². The number of carbonyl (C=O) groups is 3. The summed E-state index contributed by atoms with van der Waals surface area (Å²) in [5, 5.41) is 39.5. The fraction of sp³-hybridized carbons (Fsp3) is 0.308. The predicted molar refractivity (Wildman–Crippen MR) is 139 cm³/mol. The van der Waals surface area contributed by atoms with E-state index >= 15 is 0 Å². The Morgan fingerprint density at radius 3 is 2.82 bits per heavy atom. The highest BCUT2D eigenvalue weighted by atomic mass is 32.2. The number of aliphatic hydroxyl groups is 1. The number of carboxylic acids is 1. The molecule has 0 bridgehead atoms. The van der Waals surface area contributed by atoms with Crippen LogP contribution in [-0.2, 0) is 20.9 Å². The maximum absolute atomic E-state index is 13.4. The predicted octanol–water partition coefficient (Wildman–Crippen LogP) is 2.26. The number of pyridine rings is 2. The van der Waals surface area contributed by atoms with Crippen LogP contribution in [0.15, 0.2) is 47.4 Å². The lowest BCUT2D eigenvalue weighted by Crippen LogP contribution is -2.54. The molecule has 5 rings (SSSR count). The number of aromatic nitrogens is 2.